The van der Waals surface area contributed by atoms with E-state index in [0.29, 0.717) is 0 Å². The molecule has 0 atom stereocenters. The topological polar surface area (TPSA) is 182 Å². The van der Waals surface area contributed by atoms with Crippen molar-refractivity contribution in [3.8, 4) is 33.8 Å². The summed E-state index contributed by atoms with van der Waals surface area (Å²) in [5.74, 6) is -1.28. The second kappa shape index (κ2) is 11.5. The lowest BCUT2D eigenvalue weighted by Crippen LogP contribution is -2.00. The fourth-order valence-corrected chi connectivity index (χ4v) is 4.92. The van der Waals surface area contributed by atoms with E-state index < -0.39 is 52.6 Å². The predicted octanol–water partition coefficient (Wildman–Crippen LogP) is 9.06. The number of halogens is 4. The van der Waals surface area contributed by atoms with Crippen molar-refractivity contribution in [1.82, 2.24) is 0 Å². The molecule has 0 amide bonds. The van der Waals surface area contributed by atoms with Gasteiger partial charge in [0.2, 0.25) is 11.5 Å². The van der Waals surface area contributed by atoms with Crippen LogP contribution in [-0.4, -0.2) is 19.7 Å². The van der Waals surface area contributed by atoms with E-state index >= 15 is 0 Å². The summed E-state index contributed by atoms with van der Waals surface area (Å²) in [7, 11) is 0. The van der Waals surface area contributed by atoms with Crippen LogP contribution in [0.2, 0.25) is 20.1 Å². The Balaban J connectivity index is 1.93. The molecule has 4 aromatic rings. The van der Waals surface area contributed by atoms with Gasteiger partial charge in [-0.25, -0.2) is 0 Å². The number of benzene rings is 4. The number of rotatable bonds is 8. The van der Waals surface area contributed by atoms with Crippen molar-refractivity contribution in [3.05, 3.63) is 121 Å². The number of non-ortho nitro benzene ring substituents is 2. The average molecular weight is 640 g/mol. The molecule has 0 N–H and O–H groups in total. The second-order valence-corrected chi connectivity index (χ2v) is 9.58. The third-order valence-corrected chi connectivity index (χ3v) is 7.03. The first-order valence-electron chi connectivity index (χ1n) is 10.8. The van der Waals surface area contributed by atoms with Gasteiger partial charge in [0.15, 0.2) is 0 Å². The zero-order chi connectivity index (χ0) is 30.2. The third-order valence-electron chi connectivity index (χ3n) is 5.66. The Morgan fingerprint density at radius 1 is 0.488 bits per heavy atom. The lowest BCUT2D eigenvalue weighted by Gasteiger charge is -2.15. The maximum atomic E-state index is 11.8. The minimum atomic E-state index is -0.848. The number of hydrogen-bond acceptors (Lipinski definition) is 9. The Labute approximate surface area is 248 Å². The Morgan fingerprint density at radius 2 is 0.829 bits per heavy atom. The smallest absolute Gasteiger partial charge is 0.313 e. The van der Waals surface area contributed by atoms with Crippen LogP contribution in [-0.2, 0) is 0 Å². The van der Waals surface area contributed by atoms with Crippen molar-refractivity contribution < 1.29 is 24.4 Å². The first-order chi connectivity index (χ1) is 19.3. The summed E-state index contributed by atoms with van der Waals surface area (Å²) in [6, 6.07) is 11.4. The van der Waals surface area contributed by atoms with Crippen molar-refractivity contribution in [1.29, 1.82) is 0 Å². The Morgan fingerprint density at radius 3 is 1.12 bits per heavy atom. The van der Waals surface area contributed by atoms with E-state index in [0.717, 1.165) is 36.4 Å². The average Bonchev–Trinajstić information content (AvgIpc) is 2.90. The van der Waals surface area contributed by atoms with Gasteiger partial charge in [-0.1, -0.05) is 46.4 Å². The molecule has 208 valence electrons. The van der Waals surface area contributed by atoms with E-state index in [1.54, 1.807) is 0 Å². The molecular formula is C24H10Cl4N4O9. The molecule has 0 spiro atoms. The molecule has 0 saturated carbocycles. The molecule has 17 heteroatoms. The van der Waals surface area contributed by atoms with Gasteiger partial charge in [-0.3, -0.25) is 40.5 Å². The van der Waals surface area contributed by atoms with Crippen LogP contribution in [0.25, 0.3) is 22.3 Å². The zero-order valence-electron chi connectivity index (χ0n) is 19.7. The molecule has 4 aromatic carbocycles. The van der Waals surface area contributed by atoms with Crippen LogP contribution in [0.5, 0.6) is 11.5 Å². The molecule has 0 aliphatic carbocycles. The molecule has 0 heterocycles. The Bertz CT molecular complexity index is 1670. The third kappa shape index (κ3) is 5.69. The summed E-state index contributed by atoms with van der Waals surface area (Å²) in [4.78, 5) is 42.8. The van der Waals surface area contributed by atoms with Crippen molar-refractivity contribution in [2.45, 2.75) is 0 Å². The molecule has 0 fully saturated rings. The van der Waals surface area contributed by atoms with E-state index in [2.05, 4.69) is 0 Å². The highest BCUT2D eigenvalue weighted by Crippen LogP contribution is 2.50. The van der Waals surface area contributed by atoms with Crippen LogP contribution in [0.3, 0.4) is 0 Å². The first kappa shape index (κ1) is 29.4. The molecule has 0 bridgehead atoms. The molecule has 0 unspecified atom stereocenters. The number of ether oxygens (including phenoxy) is 1. The van der Waals surface area contributed by atoms with E-state index in [4.69, 9.17) is 51.1 Å². The molecule has 41 heavy (non-hydrogen) atoms. The predicted molar refractivity (Wildman–Crippen MR) is 150 cm³/mol. The van der Waals surface area contributed by atoms with Crippen LogP contribution < -0.4 is 4.74 Å². The molecule has 0 aromatic heterocycles. The minimum Gasteiger partial charge on any atom is -0.440 e. The quantitative estimate of drug-likeness (QED) is 0.134. The summed E-state index contributed by atoms with van der Waals surface area (Å²) < 4.78 is 5.70. The number of hydrogen-bond donors (Lipinski definition) is 0. The Kier molecular flexibility index (Phi) is 8.26. The van der Waals surface area contributed by atoms with Crippen LogP contribution in [0, 0.1) is 40.5 Å². The maximum absolute atomic E-state index is 11.8. The number of nitrogens with zero attached hydrogens (tertiary/aromatic N) is 4. The van der Waals surface area contributed by atoms with Crippen molar-refractivity contribution >= 4 is 69.2 Å². The van der Waals surface area contributed by atoms with Gasteiger partial charge in [-0.2, -0.15) is 0 Å². The Hall–Kier alpha value is -4.56. The van der Waals surface area contributed by atoms with Gasteiger partial charge >= 0.3 is 11.4 Å². The van der Waals surface area contributed by atoms with Gasteiger partial charge in [-0.05, 0) is 24.3 Å². The fraction of sp³-hybridized carbons (Fsp3) is 0. The normalized spacial score (nSPS) is 10.7. The van der Waals surface area contributed by atoms with E-state index in [9.17, 15) is 40.5 Å². The molecule has 0 aliphatic heterocycles. The van der Waals surface area contributed by atoms with Crippen molar-refractivity contribution in [3.63, 3.8) is 0 Å². The highest BCUT2D eigenvalue weighted by atomic mass is 35.5. The molecule has 0 aliphatic rings. The van der Waals surface area contributed by atoms with Crippen LogP contribution in [0.15, 0.2) is 60.7 Å². The highest BCUT2D eigenvalue weighted by molar-refractivity contribution is 6.39. The van der Waals surface area contributed by atoms with Gasteiger partial charge < -0.3 is 4.74 Å². The largest absolute Gasteiger partial charge is 0.440 e. The zero-order valence-corrected chi connectivity index (χ0v) is 22.8. The lowest BCUT2D eigenvalue weighted by molar-refractivity contribution is -0.387. The highest BCUT2D eigenvalue weighted by Gasteiger charge is 2.30. The molecule has 4 rings (SSSR count). The van der Waals surface area contributed by atoms with Gasteiger partial charge in [0.1, 0.15) is 0 Å². The number of nitro benzene ring substituents is 4. The van der Waals surface area contributed by atoms with Gasteiger partial charge in [-0.15, -0.1) is 0 Å². The van der Waals surface area contributed by atoms with Crippen LogP contribution >= 0.6 is 46.4 Å². The number of nitro groups is 4. The summed E-state index contributed by atoms with van der Waals surface area (Å²) in [6.45, 7) is 0. The van der Waals surface area contributed by atoms with E-state index in [-0.39, 0.29) is 43.7 Å². The van der Waals surface area contributed by atoms with Gasteiger partial charge in [0.25, 0.3) is 11.4 Å². The standard InChI is InChI=1S/C24H10Cl4N4O9/c25-17-9-11(29(33)34)1-3-13(17)15-5-7-19(31(37)38)23(21(15)27)41-24-20(32(39)40)8-6-16(22(24)28)14-4-2-12(30(35)36)10-18(14)26/h1-10H. The summed E-state index contributed by atoms with van der Waals surface area (Å²) in [5.41, 5.74) is -1.62. The van der Waals surface area contributed by atoms with E-state index in [1.807, 2.05) is 0 Å². The molecule has 13 nitrogen and oxygen atoms in total. The van der Waals surface area contributed by atoms with E-state index in [1.165, 1.54) is 24.3 Å². The SMILES string of the molecule is O=[N+]([O-])c1ccc(-c2ccc([N+](=O)[O-])c(Oc3c([N+](=O)[O-])ccc(-c4ccc([N+](=O)[O-])cc4Cl)c3Cl)c2Cl)c(Cl)c1. The molecular weight excluding hydrogens is 630 g/mol. The van der Waals surface area contributed by atoms with Gasteiger partial charge in [0, 0.05) is 58.7 Å². The van der Waals surface area contributed by atoms with Crippen LogP contribution in [0.4, 0.5) is 22.7 Å². The minimum absolute atomic E-state index is 0.0560. The first-order valence-corrected chi connectivity index (χ1v) is 12.3. The van der Waals surface area contributed by atoms with Crippen molar-refractivity contribution in [2.75, 3.05) is 0 Å². The molecule has 0 radical (unpaired) electrons. The van der Waals surface area contributed by atoms with Crippen molar-refractivity contribution in [2.24, 2.45) is 0 Å². The van der Waals surface area contributed by atoms with Crippen LogP contribution in [0.1, 0.15) is 0 Å². The monoisotopic (exact) mass is 638 g/mol. The molecule has 0 saturated heterocycles. The summed E-state index contributed by atoms with van der Waals surface area (Å²) in [5, 5.41) is 44.8. The van der Waals surface area contributed by atoms with Gasteiger partial charge in [0.05, 0.1) is 39.8 Å². The second-order valence-electron chi connectivity index (χ2n) is 8.01. The summed E-state index contributed by atoms with van der Waals surface area (Å²) >= 11 is 25.5. The maximum Gasteiger partial charge on any atom is 0.313 e. The fourth-order valence-electron chi connectivity index (χ4n) is 3.76. The summed E-state index contributed by atoms with van der Waals surface area (Å²) in [6.07, 6.45) is 0. The lowest BCUT2D eigenvalue weighted by atomic mass is 10.0.